The van der Waals surface area contributed by atoms with Gasteiger partial charge in [-0.15, -0.1) is 0 Å². The molecule has 2 N–H and O–H groups in total. The Morgan fingerprint density at radius 2 is 1.86 bits per heavy atom. The topological polar surface area (TPSA) is 65.7 Å². The highest BCUT2D eigenvalue weighted by molar-refractivity contribution is 6.06. The van der Waals surface area contributed by atoms with Gasteiger partial charge in [0.25, 0.3) is 0 Å². The number of phenols is 1. The first-order chi connectivity index (χ1) is 10.8. The lowest BCUT2D eigenvalue weighted by Gasteiger charge is -2.09. The predicted octanol–water partition coefficient (Wildman–Crippen LogP) is 4.87. The number of hydrogen-bond acceptors (Lipinski definition) is 4. The third-order valence-electron chi connectivity index (χ3n) is 3.95. The van der Waals surface area contributed by atoms with Crippen LogP contribution < -0.4 is 0 Å². The number of pyridine rings is 1. The molecule has 1 aromatic carbocycles. The van der Waals surface area contributed by atoms with E-state index in [1.54, 1.807) is 12.3 Å². The third-order valence-corrected chi connectivity index (χ3v) is 3.95. The van der Waals surface area contributed by atoms with Crippen molar-refractivity contribution >= 4 is 16.6 Å². The first-order valence-corrected chi connectivity index (χ1v) is 8.06. The van der Waals surface area contributed by atoms with Crippen molar-refractivity contribution in [2.24, 2.45) is 5.16 Å². The van der Waals surface area contributed by atoms with Crippen molar-refractivity contribution < 1.29 is 10.3 Å². The summed E-state index contributed by atoms with van der Waals surface area (Å²) in [5.74, 6) is 0.0943. The number of oxime groups is 1. The molecular formula is C18H24N2O2. The van der Waals surface area contributed by atoms with Crippen LogP contribution in [0.15, 0.2) is 35.6 Å². The Morgan fingerprint density at radius 1 is 1.09 bits per heavy atom. The van der Waals surface area contributed by atoms with Crippen molar-refractivity contribution in [3.8, 4) is 5.75 Å². The van der Waals surface area contributed by atoms with Gasteiger partial charge < -0.3 is 10.3 Å². The fourth-order valence-electron chi connectivity index (χ4n) is 2.67. The molecule has 2 rings (SSSR count). The third kappa shape index (κ3) is 3.97. The number of fused-ring (bicyclic) bond motifs is 1. The van der Waals surface area contributed by atoms with E-state index in [1.807, 2.05) is 18.2 Å². The molecule has 1 heterocycles. The molecule has 4 nitrogen and oxygen atoms in total. The Balaban J connectivity index is 2.04. The highest BCUT2D eigenvalue weighted by Crippen LogP contribution is 2.28. The van der Waals surface area contributed by atoms with E-state index < -0.39 is 0 Å². The molecule has 0 aliphatic carbocycles. The minimum atomic E-state index is 0.0943. The lowest BCUT2D eigenvalue weighted by atomic mass is 10.0. The summed E-state index contributed by atoms with van der Waals surface area (Å²) in [4.78, 5) is 4.20. The van der Waals surface area contributed by atoms with Crippen molar-refractivity contribution in [2.45, 2.75) is 51.9 Å². The molecule has 0 fully saturated rings. The van der Waals surface area contributed by atoms with Crippen LogP contribution in [0, 0.1) is 0 Å². The molecule has 1 aromatic heterocycles. The highest BCUT2D eigenvalue weighted by atomic mass is 16.4. The summed E-state index contributed by atoms with van der Waals surface area (Å²) in [7, 11) is 0. The van der Waals surface area contributed by atoms with E-state index in [2.05, 4.69) is 17.1 Å². The number of aromatic hydroxyl groups is 1. The second-order valence-electron chi connectivity index (χ2n) is 5.60. The number of nitrogens with zero attached hydrogens (tertiary/aromatic N) is 2. The lowest BCUT2D eigenvalue weighted by Crippen LogP contribution is -2.02. The van der Waals surface area contributed by atoms with Gasteiger partial charge in [-0.25, -0.2) is 0 Å². The van der Waals surface area contributed by atoms with Gasteiger partial charge in [0.2, 0.25) is 0 Å². The zero-order valence-corrected chi connectivity index (χ0v) is 13.1. The standard InChI is InChI=1S/C18H24N2O2/c1-2-3-4-5-6-7-10-16(20-22)15-12-11-14-9-8-13-19-17(14)18(15)21/h8-9,11-13,21-22H,2-7,10H2,1H3. The predicted molar refractivity (Wildman–Crippen MR) is 89.7 cm³/mol. The Labute approximate surface area is 131 Å². The first kappa shape index (κ1) is 16.3. The maximum absolute atomic E-state index is 10.4. The number of rotatable bonds is 8. The normalized spacial score (nSPS) is 12.0. The molecule has 0 atom stereocenters. The smallest absolute Gasteiger partial charge is 0.150 e. The number of phenolic OH excluding ortho intramolecular Hbond substituents is 1. The summed E-state index contributed by atoms with van der Waals surface area (Å²) >= 11 is 0. The zero-order chi connectivity index (χ0) is 15.8. The first-order valence-electron chi connectivity index (χ1n) is 8.06. The molecule has 0 amide bonds. The summed E-state index contributed by atoms with van der Waals surface area (Å²) in [5, 5.41) is 23.9. The molecule has 0 saturated carbocycles. The number of hydrogen-bond donors (Lipinski definition) is 2. The summed E-state index contributed by atoms with van der Waals surface area (Å²) in [6, 6.07) is 7.42. The molecule has 0 aliphatic heterocycles. The molecular weight excluding hydrogens is 276 g/mol. The van der Waals surface area contributed by atoms with E-state index in [0.717, 1.165) is 18.2 Å². The Bertz CT molecular complexity index is 638. The van der Waals surface area contributed by atoms with Gasteiger partial charge in [-0.1, -0.05) is 56.3 Å². The fraction of sp³-hybridized carbons (Fsp3) is 0.444. The molecule has 22 heavy (non-hydrogen) atoms. The van der Waals surface area contributed by atoms with Crippen molar-refractivity contribution in [3.63, 3.8) is 0 Å². The van der Waals surface area contributed by atoms with Gasteiger partial charge in [0.05, 0.1) is 5.71 Å². The Morgan fingerprint density at radius 3 is 2.64 bits per heavy atom. The maximum Gasteiger partial charge on any atom is 0.150 e. The van der Waals surface area contributed by atoms with Gasteiger partial charge in [0.15, 0.2) is 5.75 Å². The molecule has 0 radical (unpaired) electrons. The average molecular weight is 300 g/mol. The molecule has 0 saturated heterocycles. The van der Waals surface area contributed by atoms with Gasteiger partial charge in [-0.05, 0) is 25.0 Å². The maximum atomic E-state index is 10.4. The van der Waals surface area contributed by atoms with Gasteiger partial charge in [0, 0.05) is 17.1 Å². The highest BCUT2D eigenvalue weighted by Gasteiger charge is 2.13. The van der Waals surface area contributed by atoms with E-state index in [9.17, 15) is 10.3 Å². The second-order valence-corrected chi connectivity index (χ2v) is 5.60. The summed E-state index contributed by atoms with van der Waals surface area (Å²) in [6.45, 7) is 2.20. The molecule has 0 aliphatic rings. The van der Waals surface area contributed by atoms with Gasteiger partial charge in [0.1, 0.15) is 5.52 Å². The van der Waals surface area contributed by atoms with E-state index in [4.69, 9.17) is 0 Å². The Kier molecular flexibility index (Phi) is 6.19. The minimum Gasteiger partial charge on any atom is -0.505 e. The van der Waals surface area contributed by atoms with Crippen LogP contribution in [0.2, 0.25) is 0 Å². The van der Waals surface area contributed by atoms with Crippen molar-refractivity contribution in [1.82, 2.24) is 4.98 Å². The van der Waals surface area contributed by atoms with Crippen LogP contribution >= 0.6 is 0 Å². The van der Waals surface area contributed by atoms with Crippen LogP contribution in [0.25, 0.3) is 10.9 Å². The molecule has 0 spiro atoms. The van der Waals surface area contributed by atoms with E-state index in [1.165, 1.54) is 25.7 Å². The monoisotopic (exact) mass is 300 g/mol. The van der Waals surface area contributed by atoms with Gasteiger partial charge >= 0.3 is 0 Å². The van der Waals surface area contributed by atoms with Crippen molar-refractivity contribution in [1.29, 1.82) is 0 Å². The van der Waals surface area contributed by atoms with E-state index in [0.29, 0.717) is 23.2 Å². The van der Waals surface area contributed by atoms with Crippen LogP contribution in [0.1, 0.15) is 57.4 Å². The van der Waals surface area contributed by atoms with E-state index >= 15 is 0 Å². The molecule has 118 valence electrons. The average Bonchev–Trinajstić information content (AvgIpc) is 2.56. The van der Waals surface area contributed by atoms with Crippen molar-refractivity contribution in [3.05, 3.63) is 36.0 Å². The quantitative estimate of drug-likeness (QED) is 0.316. The molecule has 0 bridgehead atoms. The number of benzene rings is 1. The second kappa shape index (κ2) is 8.37. The lowest BCUT2D eigenvalue weighted by molar-refractivity contribution is 0.317. The minimum absolute atomic E-state index is 0.0943. The van der Waals surface area contributed by atoms with E-state index in [-0.39, 0.29) is 5.75 Å². The van der Waals surface area contributed by atoms with Crippen LogP contribution in [0.4, 0.5) is 0 Å². The summed E-state index contributed by atoms with van der Waals surface area (Å²) < 4.78 is 0. The van der Waals surface area contributed by atoms with Crippen LogP contribution in [-0.4, -0.2) is 21.0 Å². The SMILES string of the molecule is CCCCCCCCC(=NO)c1ccc2cccnc2c1O. The van der Waals surface area contributed by atoms with Gasteiger partial charge in [-0.2, -0.15) is 0 Å². The number of unbranched alkanes of at least 4 members (excludes halogenated alkanes) is 5. The fourth-order valence-corrected chi connectivity index (χ4v) is 2.67. The summed E-state index contributed by atoms with van der Waals surface area (Å²) in [6.07, 6.45) is 9.36. The molecule has 0 unspecified atom stereocenters. The molecule has 2 aromatic rings. The van der Waals surface area contributed by atoms with Crippen LogP contribution in [0.3, 0.4) is 0 Å². The Hall–Kier alpha value is -2.10. The van der Waals surface area contributed by atoms with Gasteiger partial charge in [-0.3, -0.25) is 4.98 Å². The van der Waals surface area contributed by atoms with Crippen LogP contribution in [0.5, 0.6) is 5.75 Å². The zero-order valence-electron chi connectivity index (χ0n) is 13.1. The van der Waals surface area contributed by atoms with Crippen LogP contribution in [-0.2, 0) is 0 Å². The van der Waals surface area contributed by atoms with Crippen molar-refractivity contribution in [2.75, 3.05) is 0 Å². The summed E-state index contributed by atoms with van der Waals surface area (Å²) in [5.41, 5.74) is 1.65. The number of aromatic nitrogens is 1. The molecule has 4 heteroatoms. The largest absolute Gasteiger partial charge is 0.505 e.